The standard InChI is InChI=1S/C11H19N5/c12-4-3-11(1-2-11)8-15-5-6-16-9-13-14-10(16)7-15/h9H,1-8,12H2. The van der Waals surface area contributed by atoms with Gasteiger partial charge in [0.25, 0.3) is 0 Å². The lowest BCUT2D eigenvalue weighted by atomic mass is 10.0. The highest BCUT2D eigenvalue weighted by molar-refractivity contribution is 4.98. The van der Waals surface area contributed by atoms with E-state index >= 15 is 0 Å². The van der Waals surface area contributed by atoms with Crippen LogP contribution in [0, 0.1) is 5.41 Å². The van der Waals surface area contributed by atoms with Gasteiger partial charge in [0.05, 0.1) is 6.54 Å². The maximum absolute atomic E-state index is 5.67. The van der Waals surface area contributed by atoms with Crippen molar-refractivity contribution < 1.29 is 0 Å². The quantitative estimate of drug-likeness (QED) is 0.790. The molecule has 0 bridgehead atoms. The summed E-state index contributed by atoms with van der Waals surface area (Å²) in [6, 6.07) is 0. The molecule has 0 radical (unpaired) electrons. The highest BCUT2D eigenvalue weighted by atomic mass is 15.3. The summed E-state index contributed by atoms with van der Waals surface area (Å²) >= 11 is 0. The molecule has 0 saturated heterocycles. The second-order valence-electron chi connectivity index (χ2n) is 5.19. The molecule has 88 valence electrons. The van der Waals surface area contributed by atoms with Crippen molar-refractivity contribution in [2.24, 2.45) is 11.1 Å². The first-order chi connectivity index (χ1) is 7.81. The molecule has 0 aromatic carbocycles. The number of nitrogens with zero attached hydrogens (tertiary/aromatic N) is 4. The summed E-state index contributed by atoms with van der Waals surface area (Å²) < 4.78 is 2.15. The monoisotopic (exact) mass is 221 g/mol. The lowest BCUT2D eigenvalue weighted by molar-refractivity contribution is 0.172. The van der Waals surface area contributed by atoms with E-state index in [1.807, 2.05) is 6.33 Å². The summed E-state index contributed by atoms with van der Waals surface area (Å²) in [6.45, 7) is 5.12. The Labute approximate surface area is 95.6 Å². The largest absolute Gasteiger partial charge is 0.330 e. The van der Waals surface area contributed by atoms with Crippen LogP contribution in [0.15, 0.2) is 6.33 Å². The third-order valence-electron chi connectivity index (χ3n) is 3.91. The summed E-state index contributed by atoms with van der Waals surface area (Å²) in [5.74, 6) is 1.11. The molecule has 0 spiro atoms. The summed E-state index contributed by atoms with van der Waals surface area (Å²) in [5, 5.41) is 8.10. The summed E-state index contributed by atoms with van der Waals surface area (Å²) in [7, 11) is 0. The normalized spacial score (nSPS) is 23.1. The van der Waals surface area contributed by atoms with Crippen molar-refractivity contribution in [1.82, 2.24) is 19.7 Å². The average Bonchev–Trinajstić information content (AvgIpc) is 2.87. The van der Waals surface area contributed by atoms with Gasteiger partial charge in [0, 0.05) is 19.6 Å². The van der Waals surface area contributed by atoms with E-state index in [0.29, 0.717) is 5.41 Å². The summed E-state index contributed by atoms with van der Waals surface area (Å²) in [6.07, 6.45) is 5.72. The van der Waals surface area contributed by atoms with Gasteiger partial charge in [-0.1, -0.05) is 0 Å². The summed E-state index contributed by atoms with van der Waals surface area (Å²) in [4.78, 5) is 2.51. The lowest BCUT2D eigenvalue weighted by Gasteiger charge is -2.30. The molecule has 2 heterocycles. The molecule has 0 atom stereocenters. The Morgan fingerprint density at radius 2 is 2.25 bits per heavy atom. The SMILES string of the molecule is NCCC1(CN2CCn3cnnc3C2)CC1. The zero-order valence-corrected chi connectivity index (χ0v) is 9.60. The molecule has 2 aliphatic rings. The molecule has 1 aliphatic carbocycles. The molecule has 3 rings (SSSR count). The Morgan fingerprint density at radius 3 is 3.00 bits per heavy atom. The van der Waals surface area contributed by atoms with E-state index in [4.69, 9.17) is 5.73 Å². The Kier molecular flexibility index (Phi) is 2.44. The topological polar surface area (TPSA) is 60.0 Å². The summed E-state index contributed by atoms with van der Waals surface area (Å²) in [5.41, 5.74) is 6.21. The van der Waals surface area contributed by atoms with Crippen LogP contribution in [0.3, 0.4) is 0 Å². The van der Waals surface area contributed by atoms with Gasteiger partial charge in [-0.25, -0.2) is 0 Å². The van der Waals surface area contributed by atoms with Crippen LogP contribution in [0.1, 0.15) is 25.1 Å². The second kappa shape index (κ2) is 3.82. The zero-order chi connectivity index (χ0) is 11.0. The fourth-order valence-electron chi connectivity index (χ4n) is 2.70. The van der Waals surface area contributed by atoms with Gasteiger partial charge in [-0.15, -0.1) is 10.2 Å². The molecule has 1 fully saturated rings. The Hall–Kier alpha value is -0.940. The zero-order valence-electron chi connectivity index (χ0n) is 9.60. The maximum atomic E-state index is 5.67. The van der Waals surface area contributed by atoms with E-state index in [2.05, 4.69) is 19.7 Å². The predicted octanol–water partition coefficient (Wildman–Crippen LogP) is 0.223. The minimum atomic E-state index is 0.539. The van der Waals surface area contributed by atoms with Crippen molar-refractivity contribution in [3.05, 3.63) is 12.2 Å². The van der Waals surface area contributed by atoms with E-state index in [1.165, 1.54) is 25.8 Å². The molecule has 2 N–H and O–H groups in total. The van der Waals surface area contributed by atoms with Crippen molar-refractivity contribution in [2.45, 2.75) is 32.4 Å². The molecule has 1 saturated carbocycles. The number of rotatable bonds is 4. The number of hydrogen-bond acceptors (Lipinski definition) is 4. The van der Waals surface area contributed by atoms with Crippen molar-refractivity contribution in [3.63, 3.8) is 0 Å². The third-order valence-corrected chi connectivity index (χ3v) is 3.91. The molecular formula is C11H19N5. The number of aromatic nitrogens is 3. The van der Waals surface area contributed by atoms with Gasteiger partial charge < -0.3 is 10.3 Å². The van der Waals surface area contributed by atoms with Crippen LogP contribution >= 0.6 is 0 Å². The van der Waals surface area contributed by atoms with Gasteiger partial charge >= 0.3 is 0 Å². The van der Waals surface area contributed by atoms with Crippen molar-refractivity contribution >= 4 is 0 Å². The van der Waals surface area contributed by atoms with Crippen LogP contribution < -0.4 is 5.73 Å². The Morgan fingerprint density at radius 1 is 1.38 bits per heavy atom. The molecule has 1 aliphatic heterocycles. The van der Waals surface area contributed by atoms with Gasteiger partial charge in [0.2, 0.25) is 0 Å². The fourth-order valence-corrected chi connectivity index (χ4v) is 2.70. The van der Waals surface area contributed by atoms with Gasteiger partial charge in [-0.3, -0.25) is 4.90 Å². The van der Waals surface area contributed by atoms with E-state index in [9.17, 15) is 0 Å². The molecule has 5 heteroatoms. The minimum absolute atomic E-state index is 0.539. The number of fused-ring (bicyclic) bond motifs is 1. The van der Waals surface area contributed by atoms with Crippen LogP contribution in [0.25, 0.3) is 0 Å². The molecule has 1 aromatic heterocycles. The second-order valence-corrected chi connectivity index (χ2v) is 5.19. The van der Waals surface area contributed by atoms with Crippen molar-refractivity contribution in [2.75, 3.05) is 19.6 Å². The first-order valence-corrected chi connectivity index (χ1v) is 6.10. The van der Waals surface area contributed by atoms with Crippen molar-refractivity contribution in [1.29, 1.82) is 0 Å². The number of nitrogens with two attached hydrogens (primary N) is 1. The van der Waals surface area contributed by atoms with E-state index in [1.54, 1.807) is 0 Å². The third kappa shape index (κ3) is 1.85. The Balaban J connectivity index is 1.62. The van der Waals surface area contributed by atoms with Gasteiger partial charge in [-0.2, -0.15) is 0 Å². The average molecular weight is 221 g/mol. The van der Waals surface area contributed by atoms with E-state index < -0.39 is 0 Å². The molecule has 0 amide bonds. The molecule has 1 aromatic rings. The molecule has 16 heavy (non-hydrogen) atoms. The highest BCUT2D eigenvalue weighted by Crippen LogP contribution is 2.49. The van der Waals surface area contributed by atoms with Gasteiger partial charge in [-0.05, 0) is 31.2 Å². The predicted molar refractivity (Wildman–Crippen MR) is 60.6 cm³/mol. The lowest BCUT2D eigenvalue weighted by Crippen LogP contribution is -2.38. The molecular weight excluding hydrogens is 202 g/mol. The maximum Gasteiger partial charge on any atom is 0.147 e. The first kappa shape index (κ1) is 10.2. The van der Waals surface area contributed by atoms with E-state index in [0.717, 1.165) is 32.0 Å². The van der Waals surface area contributed by atoms with Crippen LogP contribution in [0.5, 0.6) is 0 Å². The first-order valence-electron chi connectivity index (χ1n) is 6.10. The van der Waals surface area contributed by atoms with Crippen molar-refractivity contribution in [3.8, 4) is 0 Å². The minimum Gasteiger partial charge on any atom is -0.330 e. The smallest absolute Gasteiger partial charge is 0.147 e. The van der Waals surface area contributed by atoms with Gasteiger partial charge in [0.1, 0.15) is 12.2 Å². The highest BCUT2D eigenvalue weighted by Gasteiger charge is 2.43. The van der Waals surface area contributed by atoms with Crippen LogP contribution in [-0.2, 0) is 13.1 Å². The van der Waals surface area contributed by atoms with Crippen LogP contribution in [0.2, 0.25) is 0 Å². The molecule has 5 nitrogen and oxygen atoms in total. The number of hydrogen-bond donors (Lipinski definition) is 1. The Bertz CT molecular complexity index is 368. The van der Waals surface area contributed by atoms with Crippen LogP contribution in [0.4, 0.5) is 0 Å². The van der Waals surface area contributed by atoms with Crippen LogP contribution in [-0.4, -0.2) is 39.3 Å². The van der Waals surface area contributed by atoms with E-state index in [-0.39, 0.29) is 0 Å². The molecule has 0 unspecified atom stereocenters. The fraction of sp³-hybridized carbons (Fsp3) is 0.818. The van der Waals surface area contributed by atoms with Gasteiger partial charge in [0.15, 0.2) is 0 Å².